The standard InChI is InChI=1S/C44H50FN7O7/c1-26(53)51-15-6-7-28(25-51)31-23-32(41-33(40(31)45)24-38(59-41)43(56)47(2)3)30-10-9-29(22-37(30)58-5)50-19-17-49(18-20-50)16-14-27-8-11-34-36(21-27)48(4)44(57)52(34)35-12-13-39(54)46-42(35)55/h8-11,21-24,28,35H,6-7,12-20,25H2,1-5H3,(H,46,54,55)/t28-,35?/m1/s1. The predicted molar refractivity (Wildman–Crippen MR) is 221 cm³/mol. The van der Waals surface area contributed by atoms with Gasteiger partial charge in [0.25, 0.3) is 5.91 Å². The lowest BCUT2D eigenvalue weighted by Crippen LogP contribution is -2.47. The van der Waals surface area contributed by atoms with E-state index in [1.807, 2.05) is 36.4 Å². The highest BCUT2D eigenvalue weighted by Gasteiger charge is 2.32. The lowest BCUT2D eigenvalue weighted by molar-refractivity contribution is -0.135. The van der Waals surface area contributed by atoms with Gasteiger partial charge in [-0.1, -0.05) is 6.07 Å². The van der Waals surface area contributed by atoms with E-state index in [-0.39, 0.29) is 52.5 Å². The van der Waals surface area contributed by atoms with Gasteiger partial charge in [0, 0.05) is 115 Å². The van der Waals surface area contributed by atoms with Crippen LogP contribution in [-0.2, 0) is 27.9 Å². The Balaban J connectivity index is 0.992. The SMILES string of the molecule is COc1cc(N2CCN(CCc3ccc4c(c3)n(C)c(=O)n4C3CCC(=O)NC3=O)CC2)ccc1-c1cc([C@@H]2CCCN(C(C)=O)C2)c(F)c2cc(C(=O)N(C)C)oc12. The summed E-state index contributed by atoms with van der Waals surface area (Å²) in [6, 6.07) is 14.5. The molecule has 59 heavy (non-hydrogen) atoms. The molecule has 0 aliphatic carbocycles. The first-order valence-corrected chi connectivity index (χ1v) is 20.2. The van der Waals surface area contributed by atoms with Crippen LogP contribution >= 0.6 is 0 Å². The van der Waals surface area contributed by atoms with Gasteiger partial charge in [0.15, 0.2) is 5.76 Å². The molecule has 3 fully saturated rings. The maximum atomic E-state index is 16.4. The van der Waals surface area contributed by atoms with E-state index in [1.165, 1.54) is 22.5 Å². The maximum Gasteiger partial charge on any atom is 0.329 e. The van der Waals surface area contributed by atoms with E-state index in [0.29, 0.717) is 47.5 Å². The Morgan fingerprint density at radius 2 is 1.73 bits per heavy atom. The van der Waals surface area contributed by atoms with Gasteiger partial charge in [-0.25, -0.2) is 9.18 Å². The summed E-state index contributed by atoms with van der Waals surface area (Å²) in [5.74, 6) is -1.20. The number of hydrogen-bond donors (Lipinski definition) is 1. The Kier molecular flexibility index (Phi) is 10.8. The van der Waals surface area contributed by atoms with Gasteiger partial charge in [0.1, 0.15) is 23.2 Å². The number of ether oxygens (including phenoxy) is 1. The summed E-state index contributed by atoms with van der Waals surface area (Å²) in [7, 11) is 6.56. The van der Waals surface area contributed by atoms with Crippen LogP contribution in [0.15, 0.2) is 57.7 Å². The number of nitrogens with zero attached hydrogens (tertiary/aromatic N) is 6. The molecular formula is C44H50FN7O7. The molecule has 0 spiro atoms. The van der Waals surface area contributed by atoms with E-state index in [0.717, 1.165) is 68.8 Å². The summed E-state index contributed by atoms with van der Waals surface area (Å²) >= 11 is 0. The molecule has 5 aromatic rings. The average Bonchev–Trinajstić information content (AvgIpc) is 3.79. The van der Waals surface area contributed by atoms with Gasteiger partial charge in [-0.05, 0) is 67.1 Å². The predicted octanol–water partition coefficient (Wildman–Crippen LogP) is 4.67. The number of likely N-dealkylation sites (tertiary alicyclic amines) is 1. The fourth-order valence-electron chi connectivity index (χ4n) is 8.94. The Labute approximate surface area is 341 Å². The summed E-state index contributed by atoms with van der Waals surface area (Å²) in [6.45, 7) is 6.69. The zero-order valence-electron chi connectivity index (χ0n) is 34.2. The molecule has 1 unspecified atom stereocenters. The second-order valence-electron chi connectivity index (χ2n) is 16.1. The van der Waals surface area contributed by atoms with Crippen molar-refractivity contribution in [1.82, 2.24) is 29.2 Å². The molecule has 3 aliphatic heterocycles. The van der Waals surface area contributed by atoms with Gasteiger partial charge in [0.05, 0.1) is 23.5 Å². The molecule has 4 amide bonds. The zero-order valence-corrected chi connectivity index (χ0v) is 34.2. The molecule has 3 saturated heterocycles. The van der Waals surface area contributed by atoms with Gasteiger partial charge >= 0.3 is 5.69 Å². The fourth-order valence-corrected chi connectivity index (χ4v) is 8.94. The second kappa shape index (κ2) is 16.0. The van der Waals surface area contributed by atoms with Gasteiger partial charge < -0.3 is 23.9 Å². The fraction of sp³-hybridized carbons (Fsp3) is 0.432. The third-order valence-corrected chi connectivity index (χ3v) is 12.3. The number of furan rings is 1. The van der Waals surface area contributed by atoms with E-state index < -0.39 is 17.8 Å². The summed E-state index contributed by atoms with van der Waals surface area (Å²) < 4.78 is 31.6. The summed E-state index contributed by atoms with van der Waals surface area (Å²) in [4.78, 5) is 70.7. The van der Waals surface area contributed by atoms with Crippen LogP contribution in [0.3, 0.4) is 0 Å². The number of methoxy groups -OCH3 is 1. The average molecular weight is 808 g/mol. The van der Waals surface area contributed by atoms with Gasteiger partial charge in [0.2, 0.25) is 17.7 Å². The molecule has 5 heterocycles. The van der Waals surface area contributed by atoms with Crippen LogP contribution in [0.1, 0.15) is 66.2 Å². The topological polar surface area (TPSA) is 143 Å². The minimum atomic E-state index is -0.717. The molecule has 3 aromatic carbocycles. The molecule has 15 heteroatoms. The summed E-state index contributed by atoms with van der Waals surface area (Å²) in [6.07, 6.45) is 2.77. The minimum absolute atomic E-state index is 0.0379. The highest BCUT2D eigenvalue weighted by molar-refractivity contribution is 6.02. The first-order chi connectivity index (χ1) is 28.3. The molecule has 0 radical (unpaired) electrons. The number of amides is 4. The largest absolute Gasteiger partial charge is 0.496 e. The smallest absolute Gasteiger partial charge is 0.329 e. The van der Waals surface area contributed by atoms with Crippen molar-refractivity contribution < 1.29 is 32.7 Å². The van der Waals surface area contributed by atoms with Crippen LogP contribution in [-0.4, -0.2) is 114 Å². The quantitative estimate of drug-likeness (QED) is 0.211. The number of halogens is 1. The van der Waals surface area contributed by atoms with E-state index >= 15 is 4.39 Å². The molecule has 2 aromatic heterocycles. The number of imide groups is 1. The molecule has 14 nitrogen and oxygen atoms in total. The van der Waals surface area contributed by atoms with Crippen molar-refractivity contribution in [3.05, 3.63) is 81.7 Å². The van der Waals surface area contributed by atoms with Crippen LogP contribution in [0.4, 0.5) is 10.1 Å². The Morgan fingerprint density at radius 3 is 2.44 bits per heavy atom. The van der Waals surface area contributed by atoms with Crippen molar-refractivity contribution >= 4 is 51.3 Å². The number of hydrogen-bond acceptors (Lipinski definition) is 9. The van der Waals surface area contributed by atoms with Crippen molar-refractivity contribution in [2.24, 2.45) is 7.05 Å². The number of anilines is 1. The molecule has 0 saturated carbocycles. The van der Waals surface area contributed by atoms with E-state index in [9.17, 15) is 24.0 Å². The van der Waals surface area contributed by atoms with Crippen molar-refractivity contribution in [2.75, 3.05) is 71.9 Å². The highest BCUT2D eigenvalue weighted by Crippen LogP contribution is 2.43. The normalized spacial score (nSPS) is 19.1. The van der Waals surface area contributed by atoms with Crippen molar-refractivity contribution in [1.29, 1.82) is 0 Å². The number of aromatic nitrogens is 2. The number of aryl methyl sites for hydroxylation is 1. The number of carbonyl (C=O) groups is 4. The van der Waals surface area contributed by atoms with Crippen molar-refractivity contribution in [3.63, 3.8) is 0 Å². The number of fused-ring (bicyclic) bond motifs is 2. The number of carbonyl (C=O) groups excluding carboxylic acids is 4. The number of imidazole rings is 1. The van der Waals surface area contributed by atoms with Crippen LogP contribution in [0.5, 0.6) is 5.75 Å². The van der Waals surface area contributed by atoms with Crippen LogP contribution < -0.4 is 20.6 Å². The summed E-state index contributed by atoms with van der Waals surface area (Å²) in [5, 5.41) is 2.58. The third kappa shape index (κ3) is 7.47. The Bertz CT molecular complexity index is 2550. The Hall–Kier alpha value is -5.96. The zero-order chi connectivity index (χ0) is 41.7. The number of benzene rings is 3. The number of piperazine rings is 1. The van der Waals surface area contributed by atoms with Crippen LogP contribution in [0.25, 0.3) is 33.1 Å². The van der Waals surface area contributed by atoms with E-state index in [4.69, 9.17) is 9.15 Å². The molecule has 0 bridgehead atoms. The van der Waals surface area contributed by atoms with Gasteiger partial charge in [-0.2, -0.15) is 0 Å². The van der Waals surface area contributed by atoms with Crippen LogP contribution in [0, 0.1) is 5.82 Å². The highest BCUT2D eigenvalue weighted by atomic mass is 19.1. The van der Waals surface area contributed by atoms with Gasteiger partial charge in [-0.15, -0.1) is 0 Å². The first-order valence-electron chi connectivity index (χ1n) is 20.2. The third-order valence-electron chi connectivity index (χ3n) is 12.3. The maximum absolute atomic E-state index is 16.4. The van der Waals surface area contributed by atoms with E-state index in [1.54, 1.807) is 43.8 Å². The first kappa shape index (κ1) is 39.8. The van der Waals surface area contributed by atoms with Crippen LogP contribution in [0.2, 0.25) is 0 Å². The minimum Gasteiger partial charge on any atom is -0.496 e. The molecule has 2 atom stereocenters. The van der Waals surface area contributed by atoms with Crippen molar-refractivity contribution in [3.8, 4) is 16.9 Å². The molecule has 8 rings (SSSR count). The second-order valence-corrected chi connectivity index (χ2v) is 16.1. The van der Waals surface area contributed by atoms with Gasteiger partial charge in [-0.3, -0.25) is 38.5 Å². The summed E-state index contributed by atoms with van der Waals surface area (Å²) in [5.41, 5.74) is 5.30. The lowest BCUT2D eigenvalue weighted by atomic mass is 9.87. The van der Waals surface area contributed by atoms with E-state index in [2.05, 4.69) is 15.1 Å². The molecular weight excluding hydrogens is 758 g/mol. The lowest BCUT2D eigenvalue weighted by Gasteiger charge is -2.36. The number of rotatable bonds is 9. The molecule has 1 N–H and O–H groups in total. The monoisotopic (exact) mass is 807 g/mol. The molecule has 310 valence electrons. The number of nitrogens with one attached hydrogen (secondary N) is 1. The van der Waals surface area contributed by atoms with Crippen molar-refractivity contribution in [2.45, 2.75) is 51.0 Å². The molecule has 3 aliphatic rings. The Morgan fingerprint density at radius 1 is 0.949 bits per heavy atom. The number of piperidine rings is 2.